The van der Waals surface area contributed by atoms with E-state index in [0.29, 0.717) is 31.0 Å². The summed E-state index contributed by atoms with van der Waals surface area (Å²) in [7, 11) is -1.15. The third kappa shape index (κ3) is 4.63. The van der Waals surface area contributed by atoms with Gasteiger partial charge < -0.3 is 9.80 Å². The van der Waals surface area contributed by atoms with Gasteiger partial charge in [-0.15, -0.1) is 0 Å². The second-order valence-corrected chi connectivity index (χ2v) is 8.99. The van der Waals surface area contributed by atoms with Crippen LogP contribution in [0, 0.1) is 0 Å². The predicted molar refractivity (Wildman–Crippen MR) is 104 cm³/mol. The normalized spacial score (nSPS) is 18.2. The smallest absolute Gasteiger partial charge is 0.257 e. The van der Waals surface area contributed by atoms with Gasteiger partial charge in [0.2, 0.25) is 5.95 Å². The second kappa shape index (κ2) is 8.04. The van der Waals surface area contributed by atoms with Gasteiger partial charge in [0.25, 0.3) is 5.91 Å². The number of hydrogen-bond acceptors (Lipinski definition) is 6. The molecular weight excluding hydrogens is 364 g/mol. The van der Waals surface area contributed by atoms with Crippen molar-refractivity contribution in [3.05, 3.63) is 53.9 Å². The van der Waals surface area contributed by atoms with Gasteiger partial charge in [0.1, 0.15) is 0 Å². The maximum Gasteiger partial charge on any atom is 0.257 e. The van der Waals surface area contributed by atoms with E-state index in [-0.39, 0.29) is 23.5 Å². The molecule has 144 valence electrons. The van der Waals surface area contributed by atoms with Gasteiger partial charge in [-0.1, -0.05) is 30.3 Å². The van der Waals surface area contributed by atoms with E-state index in [4.69, 9.17) is 0 Å². The summed E-state index contributed by atoms with van der Waals surface area (Å²) in [5.74, 6) is 0.478. The fourth-order valence-corrected chi connectivity index (χ4v) is 5.04. The van der Waals surface area contributed by atoms with Gasteiger partial charge in [0.05, 0.1) is 17.1 Å². The van der Waals surface area contributed by atoms with Crippen molar-refractivity contribution in [1.29, 1.82) is 0 Å². The van der Waals surface area contributed by atoms with E-state index in [1.807, 2.05) is 49.2 Å². The summed E-state index contributed by atoms with van der Waals surface area (Å²) in [5.41, 5.74) is 1.52. The van der Waals surface area contributed by atoms with Crippen molar-refractivity contribution in [1.82, 2.24) is 14.9 Å². The van der Waals surface area contributed by atoms with Gasteiger partial charge >= 0.3 is 0 Å². The number of sulfone groups is 1. The number of carbonyl (C=O) groups excluding carboxylic acids is 1. The molecule has 3 rings (SSSR count). The maximum absolute atomic E-state index is 12.8. The monoisotopic (exact) mass is 388 g/mol. The van der Waals surface area contributed by atoms with Crippen LogP contribution < -0.4 is 4.90 Å². The number of aromatic nitrogens is 2. The zero-order chi connectivity index (χ0) is 19.4. The fourth-order valence-electron chi connectivity index (χ4n) is 3.31. The largest absolute Gasteiger partial charge is 0.340 e. The number of amides is 1. The molecular formula is C19H24N4O3S. The topological polar surface area (TPSA) is 83.5 Å². The number of rotatable bonds is 6. The first-order valence-electron chi connectivity index (χ1n) is 8.98. The summed E-state index contributed by atoms with van der Waals surface area (Å²) in [6.07, 6.45) is 3.51. The average molecular weight is 388 g/mol. The summed E-state index contributed by atoms with van der Waals surface area (Å²) in [6.45, 7) is 2.97. The first-order valence-corrected chi connectivity index (χ1v) is 10.8. The molecule has 0 aliphatic carbocycles. The van der Waals surface area contributed by atoms with E-state index in [1.165, 1.54) is 12.4 Å². The highest BCUT2D eigenvalue weighted by Gasteiger charge is 2.34. The first kappa shape index (κ1) is 19.3. The zero-order valence-corrected chi connectivity index (χ0v) is 16.4. The van der Waals surface area contributed by atoms with Crippen LogP contribution in [0.15, 0.2) is 42.7 Å². The Kier molecular flexibility index (Phi) is 5.74. The summed E-state index contributed by atoms with van der Waals surface area (Å²) in [4.78, 5) is 24.9. The molecule has 7 nitrogen and oxygen atoms in total. The molecule has 0 saturated carbocycles. The average Bonchev–Trinajstić information content (AvgIpc) is 3.02. The highest BCUT2D eigenvalue weighted by Crippen LogP contribution is 2.20. The molecule has 0 N–H and O–H groups in total. The van der Waals surface area contributed by atoms with E-state index < -0.39 is 9.84 Å². The quantitative estimate of drug-likeness (QED) is 0.750. The number of anilines is 1. The SMILES string of the molecule is CCN(C(=O)c1cnc(N(C)Cc2ccccc2)nc1)C1CCS(=O)(=O)C1. The summed E-state index contributed by atoms with van der Waals surface area (Å²) in [5, 5.41) is 0. The van der Waals surface area contributed by atoms with Crippen LogP contribution in [0.3, 0.4) is 0 Å². The van der Waals surface area contributed by atoms with Crippen molar-refractivity contribution in [2.45, 2.75) is 25.9 Å². The van der Waals surface area contributed by atoms with Gasteiger partial charge in [-0.25, -0.2) is 18.4 Å². The van der Waals surface area contributed by atoms with E-state index in [1.54, 1.807) is 4.90 Å². The molecule has 27 heavy (non-hydrogen) atoms. The van der Waals surface area contributed by atoms with Crippen LogP contribution in [0.5, 0.6) is 0 Å². The van der Waals surface area contributed by atoms with E-state index in [9.17, 15) is 13.2 Å². The molecule has 1 aliphatic heterocycles. The second-order valence-electron chi connectivity index (χ2n) is 6.76. The van der Waals surface area contributed by atoms with Crippen LogP contribution in [0.2, 0.25) is 0 Å². The third-order valence-electron chi connectivity index (χ3n) is 4.74. The van der Waals surface area contributed by atoms with Crippen molar-refractivity contribution >= 4 is 21.7 Å². The molecule has 2 heterocycles. The minimum absolute atomic E-state index is 0.0331. The number of nitrogens with zero attached hydrogens (tertiary/aromatic N) is 4. The lowest BCUT2D eigenvalue weighted by Crippen LogP contribution is -2.41. The lowest BCUT2D eigenvalue weighted by Gasteiger charge is -2.26. The molecule has 1 unspecified atom stereocenters. The highest BCUT2D eigenvalue weighted by atomic mass is 32.2. The lowest BCUT2D eigenvalue weighted by atomic mass is 10.2. The number of carbonyl (C=O) groups is 1. The van der Waals surface area contributed by atoms with Gasteiger partial charge in [0, 0.05) is 38.6 Å². The van der Waals surface area contributed by atoms with Gasteiger partial charge in [0.15, 0.2) is 9.84 Å². The van der Waals surface area contributed by atoms with E-state index in [2.05, 4.69) is 9.97 Å². The molecule has 0 spiro atoms. The minimum Gasteiger partial charge on any atom is -0.340 e. The molecule has 1 aromatic heterocycles. The summed E-state index contributed by atoms with van der Waals surface area (Å²) in [6, 6.07) is 9.72. The van der Waals surface area contributed by atoms with Crippen molar-refractivity contribution in [2.75, 3.05) is 30.0 Å². The molecule has 2 aromatic rings. The Morgan fingerprint density at radius 1 is 1.19 bits per heavy atom. The first-order chi connectivity index (χ1) is 12.9. The molecule has 1 fully saturated rings. The summed E-state index contributed by atoms with van der Waals surface area (Å²) >= 11 is 0. The van der Waals surface area contributed by atoms with Crippen LogP contribution in [0.1, 0.15) is 29.3 Å². The fraction of sp³-hybridized carbons (Fsp3) is 0.421. The Labute approximate surface area is 160 Å². The lowest BCUT2D eigenvalue weighted by molar-refractivity contribution is 0.0707. The van der Waals surface area contributed by atoms with Crippen molar-refractivity contribution < 1.29 is 13.2 Å². The van der Waals surface area contributed by atoms with Crippen LogP contribution in [0.25, 0.3) is 0 Å². The predicted octanol–water partition coefficient (Wildman–Crippen LogP) is 1.76. The molecule has 1 aromatic carbocycles. The van der Waals surface area contributed by atoms with Crippen molar-refractivity contribution in [3.8, 4) is 0 Å². The zero-order valence-electron chi connectivity index (χ0n) is 15.6. The molecule has 8 heteroatoms. The Morgan fingerprint density at radius 2 is 1.85 bits per heavy atom. The van der Waals surface area contributed by atoms with Gasteiger partial charge in [-0.2, -0.15) is 0 Å². The Morgan fingerprint density at radius 3 is 2.41 bits per heavy atom. The number of hydrogen-bond donors (Lipinski definition) is 0. The highest BCUT2D eigenvalue weighted by molar-refractivity contribution is 7.91. The van der Waals surface area contributed by atoms with Crippen LogP contribution in [0.4, 0.5) is 5.95 Å². The maximum atomic E-state index is 12.8. The Hall–Kier alpha value is -2.48. The van der Waals surface area contributed by atoms with Crippen molar-refractivity contribution in [2.24, 2.45) is 0 Å². The van der Waals surface area contributed by atoms with Crippen LogP contribution in [-0.4, -0.2) is 60.3 Å². The van der Waals surface area contributed by atoms with E-state index in [0.717, 1.165) is 5.56 Å². The molecule has 1 saturated heterocycles. The molecule has 0 bridgehead atoms. The molecule has 1 aliphatic rings. The minimum atomic E-state index is -3.05. The number of benzene rings is 1. The van der Waals surface area contributed by atoms with Crippen molar-refractivity contribution in [3.63, 3.8) is 0 Å². The molecule has 1 atom stereocenters. The van der Waals surface area contributed by atoms with Gasteiger partial charge in [-0.3, -0.25) is 4.79 Å². The summed E-state index contributed by atoms with van der Waals surface area (Å²) < 4.78 is 23.4. The Bertz CT molecular complexity index is 885. The van der Waals surface area contributed by atoms with Gasteiger partial charge in [-0.05, 0) is 18.9 Å². The molecule has 0 radical (unpaired) electrons. The third-order valence-corrected chi connectivity index (χ3v) is 6.49. The van der Waals surface area contributed by atoms with E-state index >= 15 is 0 Å². The van der Waals surface area contributed by atoms with Crippen LogP contribution >= 0.6 is 0 Å². The standard InChI is InChI=1S/C19H24N4O3S/c1-3-23(17-9-10-27(25,26)14-17)18(24)16-11-20-19(21-12-16)22(2)13-15-7-5-4-6-8-15/h4-8,11-12,17H,3,9-10,13-14H2,1-2H3. The Balaban J connectivity index is 1.69. The van der Waals surface area contributed by atoms with Crippen LogP contribution in [-0.2, 0) is 16.4 Å². The molecule has 1 amide bonds.